The topological polar surface area (TPSA) is 38.3 Å². The van der Waals surface area contributed by atoms with Crippen LogP contribution in [0, 0.1) is 0 Å². The van der Waals surface area contributed by atoms with Gasteiger partial charge in [0.1, 0.15) is 5.54 Å². The number of hydrogen-bond donors (Lipinski definition) is 1. The smallest absolute Gasteiger partial charge is 0.389 e. The Labute approximate surface area is 130 Å². The van der Waals surface area contributed by atoms with Crippen molar-refractivity contribution in [3.63, 3.8) is 0 Å². The first kappa shape index (κ1) is 17.8. The maximum absolute atomic E-state index is 12.2. The van der Waals surface area contributed by atoms with E-state index in [-0.39, 0.29) is 12.8 Å². The van der Waals surface area contributed by atoms with Crippen LogP contribution in [0.5, 0.6) is 0 Å². The van der Waals surface area contributed by atoms with Crippen molar-refractivity contribution in [2.75, 3.05) is 12.4 Å². The Morgan fingerprint density at radius 1 is 1.24 bits per heavy atom. The molecule has 0 saturated carbocycles. The van der Waals surface area contributed by atoms with Crippen LogP contribution in [0.25, 0.3) is 0 Å². The van der Waals surface area contributed by atoms with Gasteiger partial charge in [0.25, 0.3) is 0 Å². The summed E-state index contributed by atoms with van der Waals surface area (Å²) < 4.78 is 42.3. The minimum absolute atomic E-state index is 0.0231. The first-order chi connectivity index (χ1) is 9.66. The van der Waals surface area contributed by atoms with Crippen molar-refractivity contribution >= 4 is 27.6 Å². The molecule has 3 nitrogen and oxygen atoms in total. The Morgan fingerprint density at radius 2 is 1.81 bits per heavy atom. The summed E-state index contributed by atoms with van der Waals surface area (Å²) >= 11 is 3.29. The summed E-state index contributed by atoms with van der Waals surface area (Å²) in [4.78, 5) is 11.9. The second kappa shape index (κ2) is 7.15. The van der Waals surface area contributed by atoms with Crippen molar-refractivity contribution in [3.05, 3.63) is 28.7 Å². The third kappa shape index (κ3) is 5.95. The molecule has 0 aromatic heterocycles. The molecule has 1 unspecified atom stereocenters. The number of carbonyl (C=O) groups excluding carboxylic acids is 1. The van der Waals surface area contributed by atoms with Gasteiger partial charge < -0.3 is 10.1 Å². The van der Waals surface area contributed by atoms with Gasteiger partial charge in [-0.3, -0.25) is 0 Å². The zero-order valence-electron chi connectivity index (χ0n) is 11.8. The fraction of sp³-hybridized carbons (Fsp3) is 0.500. The number of benzene rings is 1. The van der Waals surface area contributed by atoms with Crippen LogP contribution >= 0.6 is 15.9 Å². The molecule has 0 aliphatic carbocycles. The average Bonchev–Trinajstić information content (AvgIpc) is 2.39. The molecule has 0 aliphatic rings. The predicted molar refractivity (Wildman–Crippen MR) is 78.1 cm³/mol. The summed E-state index contributed by atoms with van der Waals surface area (Å²) in [5.74, 6) is -0.590. The van der Waals surface area contributed by atoms with Gasteiger partial charge in [0.2, 0.25) is 0 Å². The van der Waals surface area contributed by atoms with E-state index in [0.717, 1.165) is 4.47 Å². The minimum atomic E-state index is -4.23. The molecule has 1 aromatic carbocycles. The Hall–Kier alpha value is -1.24. The van der Waals surface area contributed by atoms with Crippen LogP contribution in [-0.4, -0.2) is 24.8 Å². The third-order valence-corrected chi connectivity index (χ3v) is 3.57. The molecule has 0 radical (unpaired) electrons. The van der Waals surface area contributed by atoms with E-state index in [2.05, 4.69) is 21.2 Å². The molecular weight excluding hydrogens is 351 g/mol. The molecule has 1 rings (SSSR count). The molecule has 1 N–H and O–H groups in total. The van der Waals surface area contributed by atoms with Crippen molar-refractivity contribution in [2.45, 2.75) is 37.9 Å². The zero-order valence-corrected chi connectivity index (χ0v) is 13.3. The van der Waals surface area contributed by atoms with Crippen LogP contribution in [-0.2, 0) is 9.53 Å². The Kier molecular flexibility index (Phi) is 6.07. The maximum atomic E-state index is 12.2. The van der Waals surface area contributed by atoms with E-state index in [4.69, 9.17) is 4.74 Å². The molecule has 0 heterocycles. The van der Waals surface area contributed by atoms with Gasteiger partial charge in [0, 0.05) is 16.6 Å². The molecular formula is C14H17BrF3NO2. The second-order valence-corrected chi connectivity index (χ2v) is 5.84. The number of alkyl halides is 3. The first-order valence-corrected chi connectivity index (χ1v) is 7.14. The number of nitrogens with one attached hydrogen (secondary N) is 1. The van der Waals surface area contributed by atoms with Crippen LogP contribution in [0.4, 0.5) is 18.9 Å². The fourth-order valence-corrected chi connectivity index (χ4v) is 2.20. The van der Waals surface area contributed by atoms with Crippen LogP contribution in [0.15, 0.2) is 28.7 Å². The van der Waals surface area contributed by atoms with Gasteiger partial charge >= 0.3 is 12.1 Å². The predicted octanol–water partition coefficient (Wildman–Crippen LogP) is 4.53. The molecule has 0 fully saturated rings. The number of halogens is 4. The highest BCUT2D eigenvalue weighted by Gasteiger charge is 2.36. The van der Waals surface area contributed by atoms with E-state index in [1.807, 2.05) is 0 Å². The largest absolute Gasteiger partial charge is 0.467 e. The number of rotatable bonds is 6. The summed E-state index contributed by atoms with van der Waals surface area (Å²) in [6.07, 6.45) is -5.29. The first-order valence-electron chi connectivity index (χ1n) is 6.35. The number of carbonyl (C=O) groups is 1. The minimum Gasteiger partial charge on any atom is -0.467 e. The van der Waals surface area contributed by atoms with Gasteiger partial charge in [-0.15, -0.1) is 0 Å². The van der Waals surface area contributed by atoms with E-state index >= 15 is 0 Å². The standard InChI is InChI=1S/C14H17BrF3NO2/c1-13(12(20)21-2,8-3-9-14(16,17)18)19-11-6-4-10(15)5-7-11/h4-7,19H,3,8-9H2,1-2H3. The Morgan fingerprint density at radius 3 is 2.29 bits per heavy atom. The third-order valence-electron chi connectivity index (χ3n) is 3.04. The number of anilines is 1. The lowest BCUT2D eigenvalue weighted by molar-refractivity contribution is -0.148. The highest BCUT2D eigenvalue weighted by molar-refractivity contribution is 9.10. The van der Waals surface area contributed by atoms with E-state index in [1.165, 1.54) is 14.0 Å². The normalized spacial score (nSPS) is 14.4. The van der Waals surface area contributed by atoms with Crippen molar-refractivity contribution in [3.8, 4) is 0 Å². The van der Waals surface area contributed by atoms with E-state index < -0.39 is 24.1 Å². The molecule has 1 atom stereocenters. The van der Waals surface area contributed by atoms with Crippen LogP contribution in [0.2, 0.25) is 0 Å². The molecule has 0 aliphatic heterocycles. The monoisotopic (exact) mass is 367 g/mol. The van der Waals surface area contributed by atoms with Crippen molar-refractivity contribution in [2.24, 2.45) is 0 Å². The number of methoxy groups -OCH3 is 1. The van der Waals surface area contributed by atoms with Crippen LogP contribution in [0.1, 0.15) is 26.2 Å². The lowest BCUT2D eigenvalue weighted by atomic mass is 9.94. The number of ether oxygens (including phenoxy) is 1. The number of esters is 1. The Balaban J connectivity index is 2.78. The van der Waals surface area contributed by atoms with Crippen molar-refractivity contribution < 1.29 is 22.7 Å². The summed E-state index contributed by atoms with van der Waals surface area (Å²) in [5.41, 5.74) is -0.563. The van der Waals surface area contributed by atoms with Crippen LogP contribution in [0.3, 0.4) is 0 Å². The highest BCUT2D eigenvalue weighted by Crippen LogP contribution is 2.28. The van der Waals surface area contributed by atoms with Gasteiger partial charge in [-0.2, -0.15) is 13.2 Å². The molecule has 0 bridgehead atoms. The molecule has 0 saturated heterocycles. The Bertz CT molecular complexity index is 476. The van der Waals surface area contributed by atoms with Gasteiger partial charge in [0.15, 0.2) is 0 Å². The summed E-state index contributed by atoms with van der Waals surface area (Å²) in [5, 5.41) is 2.96. The highest BCUT2D eigenvalue weighted by atomic mass is 79.9. The molecule has 0 amide bonds. The zero-order chi connectivity index (χ0) is 16.1. The van der Waals surface area contributed by atoms with Gasteiger partial charge in [-0.05, 0) is 44.0 Å². The summed E-state index contributed by atoms with van der Waals surface area (Å²) in [6.45, 7) is 1.54. The number of hydrogen-bond acceptors (Lipinski definition) is 3. The fourth-order valence-electron chi connectivity index (χ4n) is 1.94. The summed E-state index contributed by atoms with van der Waals surface area (Å²) in [7, 11) is 1.22. The van der Waals surface area contributed by atoms with Gasteiger partial charge in [-0.25, -0.2) is 4.79 Å². The molecule has 7 heteroatoms. The van der Waals surface area contributed by atoms with Crippen LogP contribution < -0.4 is 5.32 Å². The molecule has 118 valence electrons. The SMILES string of the molecule is COC(=O)C(C)(CCCC(F)(F)F)Nc1ccc(Br)cc1. The van der Waals surface area contributed by atoms with Crippen molar-refractivity contribution in [1.82, 2.24) is 0 Å². The summed E-state index contributed by atoms with van der Waals surface area (Å²) in [6, 6.07) is 7.01. The lowest BCUT2D eigenvalue weighted by Crippen LogP contribution is -2.44. The van der Waals surface area contributed by atoms with E-state index in [0.29, 0.717) is 5.69 Å². The molecule has 1 aromatic rings. The average molecular weight is 368 g/mol. The second-order valence-electron chi connectivity index (χ2n) is 4.92. The van der Waals surface area contributed by atoms with Crippen molar-refractivity contribution in [1.29, 1.82) is 0 Å². The molecule has 0 spiro atoms. The quantitative estimate of drug-likeness (QED) is 0.750. The van der Waals surface area contributed by atoms with Gasteiger partial charge in [-0.1, -0.05) is 15.9 Å². The van der Waals surface area contributed by atoms with E-state index in [1.54, 1.807) is 24.3 Å². The molecule has 21 heavy (non-hydrogen) atoms. The maximum Gasteiger partial charge on any atom is 0.389 e. The van der Waals surface area contributed by atoms with E-state index in [9.17, 15) is 18.0 Å². The van der Waals surface area contributed by atoms with Gasteiger partial charge in [0.05, 0.1) is 7.11 Å². The lowest BCUT2D eigenvalue weighted by Gasteiger charge is -2.29.